The normalized spacial score (nSPS) is 26.5. The van der Waals surface area contributed by atoms with Gasteiger partial charge < -0.3 is 18.6 Å². The second-order valence-electron chi connectivity index (χ2n) is 12.4. The average Bonchev–Trinajstić information content (AvgIpc) is 3.14. The van der Waals surface area contributed by atoms with E-state index in [9.17, 15) is 14.9 Å². The van der Waals surface area contributed by atoms with Crippen molar-refractivity contribution in [1.82, 2.24) is 4.90 Å². The molecule has 0 aromatic heterocycles. The molecule has 0 bridgehead atoms. The molecule has 9 nitrogen and oxygen atoms in total. The molecule has 0 radical (unpaired) electrons. The summed E-state index contributed by atoms with van der Waals surface area (Å²) in [6, 6.07) is 5.22. The van der Waals surface area contributed by atoms with Gasteiger partial charge in [0.15, 0.2) is 14.1 Å². The van der Waals surface area contributed by atoms with Gasteiger partial charge in [-0.05, 0) is 58.3 Å². The molecule has 0 spiro atoms. The van der Waals surface area contributed by atoms with Crippen LogP contribution >= 0.6 is 0 Å². The van der Waals surface area contributed by atoms with Crippen LogP contribution in [0.5, 0.6) is 0 Å². The van der Waals surface area contributed by atoms with Crippen LogP contribution in [0.3, 0.4) is 0 Å². The van der Waals surface area contributed by atoms with Gasteiger partial charge in [0.25, 0.3) is 5.69 Å². The highest BCUT2D eigenvalue weighted by molar-refractivity contribution is 6.74. The summed E-state index contributed by atoms with van der Waals surface area (Å²) in [6.45, 7) is 20.3. The Morgan fingerprint density at radius 3 is 2.11 bits per heavy atom. The monoisotopic (exact) mass is 508 g/mol. The Balaban J connectivity index is 2.05. The molecular formula is C25H40N2O7Si. The second-order valence-corrected chi connectivity index (χ2v) is 17.2. The van der Waals surface area contributed by atoms with E-state index in [4.69, 9.17) is 18.6 Å². The van der Waals surface area contributed by atoms with Crippen LogP contribution in [-0.4, -0.2) is 60.5 Å². The van der Waals surface area contributed by atoms with E-state index in [0.717, 1.165) is 0 Å². The van der Waals surface area contributed by atoms with E-state index in [1.807, 2.05) is 34.6 Å². The van der Waals surface area contributed by atoms with Gasteiger partial charge in [0.1, 0.15) is 17.8 Å². The number of ether oxygens (including phenoxy) is 3. The van der Waals surface area contributed by atoms with Crippen LogP contribution in [0.25, 0.3) is 0 Å². The van der Waals surface area contributed by atoms with Crippen LogP contribution in [0.1, 0.15) is 67.0 Å². The molecule has 0 N–H and O–H groups in total. The first kappa shape index (κ1) is 27.6. The van der Waals surface area contributed by atoms with Crippen LogP contribution in [0.2, 0.25) is 18.1 Å². The summed E-state index contributed by atoms with van der Waals surface area (Å²) in [5.74, 6) is -0.844. The van der Waals surface area contributed by atoms with Crippen molar-refractivity contribution in [3.63, 3.8) is 0 Å². The summed E-state index contributed by atoms with van der Waals surface area (Å²) < 4.78 is 25.0. The van der Waals surface area contributed by atoms with E-state index in [1.54, 1.807) is 17.0 Å². The van der Waals surface area contributed by atoms with Gasteiger partial charge in [-0.2, -0.15) is 0 Å². The largest absolute Gasteiger partial charge is 0.444 e. The first-order valence-electron chi connectivity index (χ1n) is 12.1. The predicted molar refractivity (Wildman–Crippen MR) is 135 cm³/mol. The number of hydrogen-bond acceptors (Lipinski definition) is 7. The number of rotatable bonds is 5. The Morgan fingerprint density at radius 2 is 1.63 bits per heavy atom. The molecule has 2 saturated heterocycles. The lowest BCUT2D eigenvalue weighted by Crippen LogP contribution is -2.50. The molecule has 3 rings (SSSR count). The number of amides is 1. The zero-order valence-electron chi connectivity index (χ0n) is 22.6. The number of nitrogens with zero attached hydrogens (tertiary/aromatic N) is 2. The van der Waals surface area contributed by atoms with Crippen molar-refractivity contribution in [3.05, 3.63) is 39.9 Å². The van der Waals surface area contributed by atoms with Crippen molar-refractivity contribution in [2.75, 3.05) is 6.61 Å². The Labute approximate surface area is 209 Å². The molecule has 1 amide bonds. The smallest absolute Gasteiger partial charge is 0.411 e. The third kappa shape index (κ3) is 5.87. The zero-order valence-corrected chi connectivity index (χ0v) is 23.6. The summed E-state index contributed by atoms with van der Waals surface area (Å²) in [5.41, 5.74) is -0.0119. The van der Waals surface area contributed by atoms with Crippen molar-refractivity contribution in [2.45, 2.75) is 109 Å². The van der Waals surface area contributed by atoms with Crippen LogP contribution in [0, 0.1) is 10.1 Å². The Morgan fingerprint density at radius 1 is 1.09 bits per heavy atom. The fourth-order valence-electron chi connectivity index (χ4n) is 4.27. The molecule has 10 heteroatoms. The summed E-state index contributed by atoms with van der Waals surface area (Å²) in [5, 5.41) is 11.2. The number of carbonyl (C=O) groups excluding carboxylic acids is 1. The van der Waals surface area contributed by atoms with Crippen molar-refractivity contribution >= 4 is 20.1 Å². The molecule has 196 valence electrons. The van der Waals surface area contributed by atoms with Gasteiger partial charge in [0, 0.05) is 12.1 Å². The molecule has 1 aromatic carbocycles. The standard InChI is InChI=1S/C25H40N2O7Si/c1-23(2,3)34-22(28)26-18(15-31-35(9,10)24(4,5)6)20-21(33-25(7,8)32-20)19(26)16-11-13-17(14-12-16)27(29)30/h11-14,18-21H,15H2,1-10H3/t18-,19+,20-,21+/m1/s1. The minimum Gasteiger partial charge on any atom is -0.444 e. The first-order chi connectivity index (χ1) is 15.8. The van der Waals surface area contributed by atoms with Crippen LogP contribution in [-0.2, 0) is 18.6 Å². The van der Waals surface area contributed by atoms with Gasteiger partial charge in [0.2, 0.25) is 0 Å². The number of likely N-dealkylation sites (tertiary alicyclic amines) is 1. The van der Waals surface area contributed by atoms with Crippen molar-refractivity contribution in [3.8, 4) is 0 Å². The van der Waals surface area contributed by atoms with E-state index in [0.29, 0.717) is 5.56 Å². The van der Waals surface area contributed by atoms with E-state index >= 15 is 0 Å². The topological polar surface area (TPSA) is 100 Å². The minimum atomic E-state index is -2.13. The highest BCUT2D eigenvalue weighted by atomic mass is 28.4. The number of fused-ring (bicyclic) bond motifs is 1. The molecule has 2 heterocycles. The fourth-order valence-corrected chi connectivity index (χ4v) is 5.29. The highest BCUT2D eigenvalue weighted by Crippen LogP contribution is 2.48. The lowest BCUT2D eigenvalue weighted by molar-refractivity contribution is -0.384. The molecular weight excluding hydrogens is 468 g/mol. The molecule has 2 fully saturated rings. The van der Waals surface area contributed by atoms with Gasteiger partial charge >= 0.3 is 6.09 Å². The Hall–Kier alpha value is -2.01. The number of nitro benzene ring substituents is 1. The predicted octanol–water partition coefficient (Wildman–Crippen LogP) is 5.80. The van der Waals surface area contributed by atoms with E-state index in [-0.39, 0.29) is 17.3 Å². The lowest BCUT2D eigenvalue weighted by Gasteiger charge is -2.40. The molecule has 35 heavy (non-hydrogen) atoms. The number of nitro groups is 1. The SMILES string of the molecule is CC(C)(C)OC(=O)N1[C@H](CO[Si](C)(C)C(C)(C)C)[C@H]2OC(C)(C)O[C@H]2[C@@H]1c1ccc([N+](=O)[O-])cc1. The maximum atomic E-state index is 13.6. The number of non-ortho nitro benzene ring substituents is 1. The van der Waals surface area contributed by atoms with Crippen molar-refractivity contribution in [1.29, 1.82) is 0 Å². The third-order valence-electron chi connectivity index (χ3n) is 6.98. The van der Waals surface area contributed by atoms with Crippen LogP contribution < -0.4 is 0 Å². The molecule has 0 aliphatic carbocycles. The number of benzene rings is 1. The molecule has 2 aliphatic heterocycles. The van der Waals surface area contributed by atoms with E-state index in [1.165, 1.54) is 12.1 Å². The lowest BCUT2D eigenvalue weighted by atomic mass is 10.0. The van der Waals surface area contributed by atoms with Crippen LogP contribution in [0.15, 0.2) is 24.3 Å². The maximum Gasteiger partial charge on any atom is 0.411 e. The summed E-state index contributed by atoms with van der Waals surface area (Å²) in [7, 11) is -2.13. The molecule has 2 aliphatic rings. The second kappa shape index (κ2) is 9.13. The Kier molecular flexibility index (Phi) is 7.20. The molecule has 4 atom stereocenters. The molecule has 1 aromatic rings. The molecule has 0 saturated carbocycles. The van der Waals surface area contributed by atoms with Gasteiger partial charge in [0.05, 0.1) is 23.6 Å². The summed E-state index contributed by atoms with van der Waals surface area (Å²) >= 11 is 0. The average molecular weight is 509 g/mol. The van der Waals surface area contributed by atoms with Crippen molar-refractivity contribution < 1.29 is 28.4 Å². The van der Waals surface area contributed by atoms with Gasteiger partial charge in [-0.15, -0.1) is 0 Å². The summed E-state index contributed by atoms with van der Waals surface area (Å²) in [6.07, 6.45) is -1.42. The van der Waals surface area contributed by atoms with Gasteiger partial charge in [-0.1, -0.05) is 32.9 Å². The maximum absolute atomic E-state index is 13.6. The summed E-state index contributed by atoms with van der Waals surface area (Å²) in [4.78, 5) is 26.0. The van der Waals surface area contributed by atoms with E-state index < -0.39 is 55.0 Å². The van der Waals surface area contributed by atoms with Gasteiger partial charge in [-0.3, -0.25) is 15.0 Å². The quantitative estimate of drug-likeness (QED) is 0.282. The third-order valence-corrected chi connectivity index (χ3v) is 11.5. The molecule has 0 unspecified atom stereocenters. The fraction of sp³-hybridized carbons (Fsp3) is 0.720. The number of carbonyl (C=O) groups is 1. The highest BCUT2D eigenvalue weighted by Gasteiger charge is 2.60. The van der Waals surface area contributed by atoms with Gasteiger partial charge in [-0.25, -0.2) is 4.79 Å². The van der Waals surface area contributed by atoms with Crippen LogP contribution in [0.4, 0.5) is 10.5 Å². The van der Waals surface area contributed by atoms with Crippen molar-refractivity contribution in [2.24, 2.45) is 0 Å². The van der Waals surface area contributed by atoms with E-state index in [2.05, 4.69) is 33.9 Å². The Bertz CT molecular complexity index is 950. The zero-order chi connectivity index (χ0) is 26.6. The first-order valence-corrected chi connectivity index (χ1v) is 15.0. The number of hydrogen-bond donors (Lipinski definition) is 0. The minimum absolute atomic E-state index is 0.00811.